The molecule has 2 aromatic carbocycles. The van der Waals surface area contributed by atoms with Crippen molar-refractivity contribution in [1.29, 1.82) is 0 Å². The SMILES string of the molecule is COc1cccc(Cc2ccc3cnncc3c2)c1. The lowest BCUT2D eigenvalue weighted by Crippen LogP contribution is -1.90. The summed E-state index contributed by atoms with van der Waals surface area (Å²) in [5.41, 5.74) is 2.49. The fraction of sp³-hybridized carbons (Fsp3) is 0.125. The molecular formula is C16H14N2O. The number of ether oxygens (including phenoxy) is 1. The van der Waals surface area contributed by atoms with Crippen molar-refractivity contribution in [3.63, 3.8) is 0 Å². The Hall–Kier alpha value is -2.42. The summed E-state index contributed by atoms with van der Waals surface area (Å²) in [6.45, 7) is 0. The highest BCUT2D eigenvalue weighted by atomic mass is 16.5. The van der Waals surface area contributed by atoms with Gasteiger partial charge >= 0.3 is 0 Å². The van der Waals surface area contributed by atoms with Crippen LogP contribution in [-0.4, -0.2) is 17.3 Å². The van der Waals surface area contributed by atoms with Crippen molar-refractivity contribution in [3.8, 4) is 5.75 Å². The Morgan fingerprint density at radius 2 is 1.68 bits per heavy atom. The first-order chi connectivity index (χ1) is 9.35. The monoisotopic (exact) mass is 250 g/mol. The van der Waals surface area contributed by atoms with Crippen molar-refractivity contribution in [3.05, 3.63) is 66.0 Å². The second-order valence-corrected chi connectivity index (χ2v) is 4.48. The van der Waals surface area contributed by atoms with Crippen LogP contribution < -0.4 is 4.74 Å². The van der Waals surface area contributed by atoms with Crippen LogP contribution in [0.2, 0.25) is 0 Å². The van der Waals surface area contributed by atoms with E-state index in [1.165, 1.54) is 11.1 Å². The maximum atomic E-state index is 5.24. The van der Waals surface area contributed by atoms with Gasteiger partial charge in [0.2, 0.25) is 0 Å². The first-order valence-corrected chi connectivity index (χ1v) is 6.17. The molecule has 0 bridgehead atoms. The summed E-state index contributed by atoms with van der Waals surface area (Å²) in [5.74, 6) is 0.893. The van der Waals surface area contributed by atoms with E-state index >= 15 is 0 Å². The van der Waals surface area contributed by atoms with Gasteiger partial charge in [-0.05, 0) is 35.7 Å². The number of hydrogen-bond acceptors (Lipinski definition) is 3. The maximum Gasteiger partial charge on any atom is 0.119 e. The Kier molecular flexibility index (Phi) is 3.11. The van der Waals surface area contributed by atoms with Gasteiger partial charge in [0, 0.05) is 10.8 Å². The van der Waals surface area contributed by atoms with Crippen LogP contribution >= 0.6 is 0 Å². The summed E-state index contributed by atoms with van der Waals surface area (Å²) in [7, 11) is 1.69. The smallest absolute Gasteiger partial charge is 0.119 e. The maximum absolute atomic E-state index is 5.24. The molecule has 0 saturated heterocycles. The Morgan fingerprint density at radius 1 is 0.895 bits per heavy atom. The Labute approximate surface area is 111 Å². The number of fused-ring (bicyclic) bond motifs is 1. The molecule has 0 fully saturated rings. The quantitative estimate of drug-likeness (QED) is 0.715. The Bertz CT molecular complexity index is 710. The predicted octanol–water partition coefficient (Wildman–Crippen LogP) is 3.23. The molecule has 94 valence electrons. The van der Waals surface area contributed by atoms with Crippen LogP contribution in [0.5, 0.6) is 5.75 Å². The van der Waals surface area contributed by atoms with E-state index in [4.69, 9.17) is 4.74 Å². The molecule has 19 heavy (non-hydrogen) atoms. The third-order valence-corrected chi connectivity index (χ3v) is 3.15. The van der Waals surface area contributed by atoms with Crippen molar-refractivity contribution in [2.75, 3.05) is 7.11 Å². The molecule has 3 rings (SSSR count). The van der Waals surface area contributed by atoms with Gasteiger partial charge in [-0.1, -0.05) is 24.3 Å². The highest BCUT2D eigenvalue weighted by Gasteiger charge is 2.00. The Morgan fingerprint density at radius 3 is 2.53 bits per heavy atom. The summed E-state index contributed by atoms with van der Waals surface area (Å²) >= 11 is 0. The number of rotatable bonds is 3. The molecule has 0 aliphatic heterocycles. The minimum Gasteiger partial charge on any atom is -0.497 e. The van der Waals surface area contributed by atoms with E-state index in [2.05, 4.69) is 40.5 Å². The molecule has 0 radical (unpaired) electrons. The third kappa shape index (κ3) is 2.55. The zero-order valence-electron chi connectivity index (χ0n) is 10.7. The number of hydrogen-bond donors (Lipinski definition) is 0. The minimum atomic E-state index is 0.884. The van der Waals surface area contributed by atoms with E-state index in [0.29, 0.717) is 0 Å². The fourth-order valence-corrected chi connectivity index (χ4v) is 2.17. The van der Waals surface area contributed by atoms with Crippen molar-refractivity contribution < 1.29 is 4.74 Å². The van der Waals surface area contributed by atoms with Crippen molar-refractivity contribution in [2.45, 2.75) is 6.42 Å². The normalized spacial score (nSPS) is 10.6. The zero-order valence-corrected chi connectivity index (χ0v) is 10.7. The molecule has 0 spiro atoms. The van der Waals surface area contributed by atoms with Crippen LogP contribution in [0, 0.1) is 0 Å². The molecule has 3 heteroatoms. The molecular weight excluding hydrogens is 236 g/mol. The predicted molar refractivity (Wildman–Crippen MR) is 75.3 cm³/mol. The first kappa shape index (κ1) is 11.7. The second-order valence-electron chi connectivity index (χ2n) is 4.48. The van der Waals surface area contributed by atoms with E-state index < -0.39 is 0 Å². The Balaban J connectivity index is 1.92. The molecule has 3 aromatic rings. The van der Waals surface area contributed by atoms with Crippen LogP contribution in [0.25, 0.3) is 10.8 Å². The van der Waals surface area contributed by atoms with Gasteiger partial charge in [0.1, 0.15) is 5.75 Å². The molecule has 0 atom stereocenters. The lowest BCUT2D eigenvalue weighted by atomic mass is 10.0. The highest BCUT2D eigenvalue weighted by Crippen LogP contribution is 2.19. The van der Waals surface area contributed by atoms with Crippen LogP contribution in [0.4, 0.5) is 0 Å². The molecule has 0 unspecified atom stereocenters. The molecule has 1 heterocycles. The van der Waals surface area contributed by atoms with Gasteiger partial charge in [-0.15, -0.1) is 0 Å². The number of benzene rings is 2. The van der Waals surface area contributed by atoms with E-state index in [1.807, 2.05) is 12.1 Å². The molecule has 0 aliphatic rings. The summed E-state index contributed by atoms with van der Waals surface area (Å²) in [5, 5.41) is 10.0. The van der Waals surface area contributed by atoms with Gasteiger partial charge in [0.05, 0.1) is 19.5 Å². The summed E-state index contributed by atoms with van der Waals surface area (Å²) < 4.78 is 5.24. The van der Waals surface area contributed by atoms with Crippen LogP contribution in [-0.2, 0) is 6.42 Å². The molecule has 0 saturated carbocycles. The molecule has 0 aliphatic carbocycles. The average Bonchev–Trinajstić information content (AvgIpc) is 2.47. The highest BCUT2D eigenvalue weighted by molar-refractivity contribution is 5.81. The standard InChI is InChI=1S/C16H14N2O/c1-19-16-4-2-3-12(9-16)7-13-5-6-14-10-17-18-11-15(14)8-13/h2-6,8-11H,7H2,1H3. The van der Waals surface area contributed by atoms with Crippen molar-refractivity contribution in [2.24, 2.45) is 0 Å². The van der Waals surface area contributed by atoms with Gasteiger partial charge in [0.25, 0.3) is 0 Å². The largest absolute Gasteiger partial charge is 0.497 e. The zero-order chi connectivity index (χ0) is 13.1. The second kappa shape index (κ2) is 5.06. The van der Waals surface area contributed by atoms with E-state index in [-0.39, 0.29) is 0 Å². The van der Waals surface area contributed by atoms with E-state index in [0.717, 1.165) is 22.9 Å². The summed E-state index contributed by atoms with van der Waals surface area (Å²) in [6, 6.07) is 14.5. The lowest BCUT2D eigenvalue weighted by Gasteiger charge is -2.06. The van der Waals surface area contributed by atoms with E-state index in [1.54, 1.807) is 19.5 Å². The minimum absolute atomic E-state index is 0.884. The molecule has 0 amide bonds. The topological polar surface area (TPSA) is 35.0 Å². The third-order valence-electron chi connectivity index (χ3n) is 3.15. The van der Waals surface area contributed by atoms with Gasteiger partial charge in [0.15, 0.2) is 0 Å². The summed E-state index contributed by atoms with van der Waals surface area (Å²) in [6.07, 6.45) is 4.46. The van der Waals surface area contributed by atoms with Crippen molar-refractivity contribution in [1.82, 2.24) is 10.2 Å². The fourth-order valence-electron chi connectivity index (χ4n) is 2.17. The molecule has 3 nitrogen and oxygen atoms in total. The van der Waals surface area contributed by atoms with E-state index in [9.17, 15) is 0 Å². The number of methoxy groups -OCH3 is 1. The summed E-state index contributed by atoms with van der Waals surface area (Å²) in [4.78, 5) is 0. The van der Waals surface area contributed by atoms with Crippen LogP contribution in [0.3, 0.4) is 0 Å². The van der Waals surface area contributed by atoms with Crippen LogP contribution in [0.1, 0.15) is 11.1 Å². The van der Waals surface area contributed by atoms with Gasteiger partial charge in [-0.2, -0.15) is 10.2 Å². The molecule has 0 N–H and O–H groups in total. The first-order valence-electron chi connectivity index (χ1n) is 6.17. The van der Waals surface area contributed by atoms with Crippen molar-refractivity contribution >= 4 is 10.8 Å². The number of aromatic nitrogens is 2. The van der Waals surface area contributed by atoms with Gasteiger partial charge in [-0.25, -0.2) is 0 Å². The van der Waals surface area contributed by atoms with Crippen LogP contribution in [0.15, 0.2) is 54.9 Å². The van der Waals surface area contributed by atoms with Gasteiger partial charge in [-0.3, -0.25) is 0 Å². The number of nitrogens with zero attached hydrogens (tertiary/aromatic N) is 2. The average molecular weight is 250 g/mol. The molecule has 1 aromatic heterocycles. The lowest BCUT2D eigenvalue weighted by molar-refractivity contribution is 0.414. The van der Waals surface area contributed by atoms with Gasteiger partial charge < -0.3 is 4.74 Å².